The highest BCUT2D eigenvalue weighted by Gasteiger charge is 2.35. The zero-order valence-electron chi connectivity index (χ0n) is 16.0. The van der Waals surface area contributed by atoms with E-state index in [2.05, 4.69) is 0 Å². The van der Waals surface area contributed by atoms with Crippen LogP contribution >= 0.6 is 11.3 Å². The van der Waals surface area contributed by atoms with Crippen molar-refractivity contribution in [3.8, 4) is 10.6 Å². The van der Waals surface area contributed by atoms with Crippen molar-refractivity contribution in [2.45, 2.75) is 81.7 Å². The van der Waals surface area contributed by atoms with Crippen molar-refractivity contribution >= 4 is 21.4 Å². The first-order valence-electron chi connectivity index (χ1n) is 10.3. The van der Waals surface area contributed by atoms with Crippen LogP contribution in [0.4, 0.5) is 0 Å². The van der Waals surface area contributed by atoms with Crippen molar-refractivity contribution in [1.82, 2.24) is 14.1 Å². The lowest BCUT2D eigenvalue weighted by Crippen LogP contribution is -2.41. The van der Waals surface area contributed by atoms with Gasteiger partial charge in [0.1, 0.15) is 10.6 Å². The van der Waals surface area contributed by atoms with Crippen LogP contribution in [0, 0.1) is 0 Å². The standard InChI is InChI=1S/C20H29N3O2S2/c1-2-23(17-11-4-3-5-12-17)27(24,25)19-15-22(16-9-6-7-10-16)21-20(19)18-13-8-14-26-18/h8,13-17H,2-7,9-12H2,1H3. The zero-order valence-corrected chi connectivity index (χ0v) is 17.6. The van der Waals surface area contributed by atoms with Crippen LogP contribution in [-0.2, 0) is 10.0 Å². The summed E-state index contributed by atoms with van der Waals surface area (Å²) >= 11 is 1.56. The molecule has 148 valence electrons. The van der Waals surface area contributed by atoms with Crippen LogP contribution in [0.25, 0.3) is 10.6 Å². The molecule has 0 spiro atoms. The number of nitrogens with zero attached hydrogens (tertiary/aromatic N) is 3. The lowest BCUT2D eigenvalue weighted by atomic mass is 9.95. The minimum Gasteiger partial charge on any atom is -0.268 e. The first kappa shape index (κ1) is 19.2. The summed E-state index contributed by atoms with van der Waals surface area (Å²) < 4.78 is 31.0. The fourth-order valence-electron chi connectivity index (χ4n) is 4.62. The van der Waals surface area contributed by atoms with Crippen molar-refractivity contribution in [3.63, 3.8) is 0 Å². The van der Waals surface area contributed by atoms with E-state index in [4.69, 9.17) is 5.10 Å². The van der Waals surface area contributed by atoms with E-state index in [0.29, 0.717) is 23.2 Å². The Kier molecular flexibility index (Phi) is 5.71. The highest BCUT2D eigenvalue weighted by Crippen LogP contribution is 2.37. The van der Waals surface area contributed by atoms with Crippen molar-refractivity contribution in [2.75, 3.05) is 6.54 Å². The van der Waals surface area contributed by atoms with Crippen LogP contribution in [0.1, 0.15) is 70.8 Å². The first-order valence-corrected chi connectivity index (χ1v) is 12.6. The van der Waals surface area contributed by atoms with Gasteiger partial charge in [-0.2, -0.15) is 9.40 Å². The molecule has 0 unspecified atom stereocenters. The Bertz CT molecular complexity index is 846. The second-order valence-electron chi connectivity index (χ2n) is 7.74. The van der Waals surface area contributed by atoms with Gasteiger partial charge in [0, 0.05) is 18.8 Å². The third-order valence-electron chi connectivity index (χ3n) is 6.03. The molecular weight excluding hydrogens is 378 g/mol. The number of rotatable bonds is 6. The topological polar surface area (TPSA) is 55.2 Å². The van der Waals surface area contributed by atoms with Gasteiger partial charge in [0.25, 0.3) is 0 Å². The summed E-state index contributed by atoms with van der Waals surface area (Å²) in [5, 5.41) is 6.77. The van der Waals surface area contributed by atoms with Gasteiger partial charge in [-0.1, -0.05) is 45.1 Å². The number of sulfonamides is 1. The van der Waals surface area contributed by atoms with Gasteiger partial charge < -0.3 is 0 Å². The molecule has 0 amide bonds. The predicted molar refractivity (Wildman–Crippen MR) is 109 cm³/mol. The van der Waals surface area contributed by atoms with Gasteiger partial charge in [-0.25, -0.2) is 8.42 Å². The van der Waals surface area contributed by atoms with Crippen LogP contribution in [0.5, 0.6) is 0 Å². The average molecular weight is 408 g/mol. The van der Waals surface area contributed by atoms with Crippen LogP contribution in [-0.4, -0.2) is 35.1 Å². The molecule has 0 N–H and O–H groups in total. The quantitative estimate of drug-likeness (QED) is 0.672. The molecule has 2 heterocycles. The minimum atomic E-state index is -3.56. The highest BCUT2D eigenvalue weighted by molar-refractivity contribution is 7.89. The van der Waals surface area contributed by atoms with Gasteiger partial charge in [-0.15, -0.1) is 11.3 Å². The molecule has 4 rings (SSSR count). The number of thiophene rings is 1. The molecule has 27 heavy (non-hydrogen) atoms. The molecule has 2 aliphatic rings. The summed E-state index contributed by atoms with van der Waals surface area (Å²) in [4.78, 5) is 1.33. The molecule has 0 saturated heterocycles. The Hall–Kier alpha value is -1.18. The first-order chi connectivity index (χ1) is 13.1. The van der Waals surface area contributed by atoms with E-state index in [1.54, 1.807) is 15.6 Å². The molecular formula is C20H29N3O2S2. The molecule has 2 fully saturated rings. The van der Waals surface area contributed by atoms with Crippen molar-refractivity contribution < 1.29 is 8.42 Å². The molecule has 2 aromatic heterocycles. The van der Waals surface area contributed by atoms with Crippen LogP contribution in [0.3, 0.4) is 0 Å². The van der Waals surface area contributed by atoms with E-state index in [-0.39, 0.29) is 6.04 Å². The van der Waals surface area contributed by atoms with E-state index in [0.717, 1.165) is 43.4 Å². The van der Waals surface area contributed by atoms with Crippen LogP contribution < -0.4 is 0 Å². The molecule has 7 heteroatoms. The largest absolute Gasteiger partial charge is 0.268 e. The summed E-state index contributed by atoms with van der Waals surface area (Å²) in [6, 6.07) is 4.39. The van der Waals surface area contributed by atoms with Crippen molar-refractivity contribution in [1.29, 1.82) is 0 Å². The van der Waals surface area contributed by atoms with E-state index in [9.17, 15) is 8.42 Å². The van der Waals surface area contributed by atoms with Gasteiger partial charge in [0.15, 0.2) is 0 Å². The summed E-state index contributed by atoms with van der Waals surface area (Å²) in [7, 11) is -3.56. The summed E-state index contributed by atoms with van der Waals surface area (Å²) in [5.74, 6) is 0. The van der Waals surface area contributed by atoms with Gasteiger partial charge in [0.05, 0.1) is 10.9 Å². The monoisotopic (exact) mass is 407 g/mol. The summed E-state index contributed by atoms with van der Waals surface area (Å²) in [5.41, 5.74) is 0.631. The van der Waals surface area contributed by atoms with E-state index in [1.807, 2.05) is 35.3 Å². The maximum Gasteiger partial charge on any atom is 0.247 e. The number of hydrogen-bond donors (Lipinski definition) is 0. The molecule has 0 radical (unpaired) electrons. The minimum absolute atomic E-state index is 0.125. The molecule has 0 aliphatic heterocycles. The Morgan fingerprint density at radius 3 is 2.48 bits per heavy atom. The van der Waals surface area contributed by atoms with E-state index in [1.165, 1.54) is 19.3 Å². The van der Waals surface area contributed by atoms with Crippen LogP contribution in [0.15, 0.2) is 28.6 Å². The molecule has 0 atom stereocenters. The smallest absolute Gasteiger partial charge is 0.247 e. The normalized spacial score (nSPS) is 19.9. The van der Waals surface area contributed by atoms with Gasteiger partial charge in [-0.05, 0) is 37.1 Å². The van der Waals surface area contributed by atoms with Gasteiger partial charge >= 0.3 is 0 Å². The molecule has 0 bridgehead atoms. The fraction of sp³-hybridized carbons (Fsp3) is 0.650. The molecule has 0 aromatic carbocycles. The molecule has 5 nitrogen and oxygen atoms in total. The second kappa shape index (κ2) is 8.05. The maximum absolute atomic E-state index is 13.7. The van der Waals surface area contributed by atoms with Crippen molar-refractivity contribution in [3.05, 3.63) is 23.7 Å². The lowest BCUT2D eigenvalue weighted by Gasteiger charge is -2.32. The Balaban J connectivity index is 1.75. The summed E-state index contributed by atoms with van der Waals surface area (Å²) in [6.07, 6.45) is 11.8. The molecule has 2 saturated carbocycles. The number of aromatic nitrogens is 2. The Morgan fingerprint density at radius 2 is 1.85 bits per heavy atom. The Morgan fingerprint density at radius 1 is 1.15 bits per heavy atom. The third kappa shape index (κ3) is 3.74. The van der Waals surface area contributed by atoms with Gasteiger partial charge in [-0.3, -0.25) is 4.68 Å². The zero-order chi connectivity index (χ0) is 18.9. The summed E-state index contributed by atoms with van der Waals surface area (Å²) in [6.45, 7) is 2.48. The molecule has 2 aliphatic carbocycles. The Labute approximate surface area is 166 Å². The predicted octanol–water partition coefficient (Wildman–Crippen LogP) is 5.07. The number of hydrogen-bond acceptors (Lipinski definition) is 4. The fourth-order valence-corrected chi connectivity index (χ4v) is 7.24. The van der Waals surface area contributed by atoms with Crippen LogP contribution in [0.2, 0.25) is 0 Å². The maximum atomic E-state index is 13.7. The van der Waals surface area contributed by atoms with E-state index < -0.39 is 10.0 Å². The van der Waals surface area contributed by atoms with Crippen molar-refractivity contribution in [2.24, 2.45) is 0 Å². The highest BCUT2D eigenvalue weighted by atomic mass is 32.2. The molecule has 2 aromatic rings. The average Bonchev–Trinajstić information content (AvgIpc) is 3.42. The second-order valence-corrected chi connectivity index (χ2v) is 10.5. The SMILES string of the molecule is CCN(C1CCCCC1)S(=O)(=O)c1cn(C2CCCC2)nc1-c1cccs1. The lowest BCUT2D eigenvalue weighted by molar-refractivity contribution is 0.261. The third-order valence-corrected chi connectivity index (χ3v) is 8.94. The van der Waals surface area contributed by atoms with Gasteiger partial charge in [0.2, 0.25) is 10.0 Å². The van der Waals surface area contributed by atoms with E-state index >= 15 is 0 Å².